The average Bonchev–Trinajstić information content (AvgIpc) is 2.37. The van der Waals surface area contributed by atoms with Gasteiger partial charge in [-0.2, -0.15) is 0 Å². The summed E-state index contributed by atoms with van der Waals surface area (Å²) in [7, 11) is 4.61. The molecule has 1 rings (SSSR count). The summed E-state index contributed by atoms with van der Waals surface area (Å²) in [5, 5.41) is 11.3. The van der Waals surface area contributed by atoms with Crippen molar-refractivity contribution in [2.75, 3.05) is 33.0 Å². The highest BCUT2D eigenvalue weighted by Gasteiger charge is 2.15. The maximum absolute atomic E-state index is 12.0. The van der Waals surface area contributed by atoms with Gasteiger partial charge < -0.3 is 20.2 Å². The first kappa shape index (κ1) is 15.5. The van der Waals surface area contributed by atoms with E-state index in [-0.39, 0.29) is 12.6 Å². The minimum atomic E-state index is -1.09. The van der Waals surface area contributed by atoms with Gasteiger partial charge in [0.15, 0.2) is 0 Å². The molecule has 2 N–H and O–H groups in total. The standard InChI is InChI=1S/C13H17N3O4/c1-15(2)13(20)14-10-6-4-5-9(7-10)12(19)16(3)8-11(17)18/h4-7H,8H2,1-3H3,(H,14,20)(H,17,18). The lowest BCUT2D eigenvalue weighted by atomic mass is 10.2. The molecule has 0 saturated heterocycles. The molecule has 0 atom stereocenters. The largest absolute Gasteiger partial charge is 0.480 e. The fourth-order valence-corrected chi connectivity index (χ4v) is 1.46. The highest BCUT2D eigenvalue weighted by molar-refractivity contribution is 5.97. The number of hydrogen-bond acceptors (Lipinski definition) is 3. The Bertz CT molecular complexity index is 528. The SMILES string of the molecule is CN(C)C(=O)Nc1cccc(C(=O)N(C)CC(=O)O)c1. The van der Waals surface area contributed by atoms with Crippen LogP contribution in [-0.4, -0.2) is 60.5 Å². The van der Waals surface area contributed by atoms with Crippen LogP contribution in [0.2, 0.25) is 0 Å². The molecule has 3 amide bonds. The topological polar surface area (TPSA) is 90.0 Å². The number of anilines is 1. The second kappa shape index (κ2) is 6.55. The number of carbonyl (C=O) groups is 3. The molecule has 0 radical (unpaired) electrons. The Labute approximate surface area is 116 Å². The number of urea groups is 1. The van der Waals surface area contributed by atoms with E-state index in [1.165, 1.54) is 18.0 Å². The maximum atomic E-state index is 12.0. The van der Waals surface area contributed by atoms with Gasteiger partial charge in [-0.1, -0.05) is 6.07 Å². The first-order valence-corrected chi connectivity index (χ1v) is 5.87. The van der Waals surface area contributed by atoms with Crippen molar-refractivity contribution >= 4 is 23.6 Å². The van der Waals surface area contributed by atoms with Crippen LogP contribution in [0.5, 0.6) is 0 Å². The summed E-state index contributed by atoms with van der Waals surface area (Å²) in [6.07, 6.45) is 0. The van der Waals surface area contributed by atoms with E-state index in [4.69, 9.17) is 5.11 Å². The number of likely N-dealkylation sites (N-methyl/N-ethyl adjacent to an activating group) is 1. The molecule has 0 fully saturated rings. The number of hydrogen-bond donors (Lipinski definition) is 2. The Morgan fingerprint density at radius 2 is 1.85 bits per heavy atom. The van der Waals surface area contributed by atoms with Crippen molar-refractivity contribution in [1.82, 2.24) is 9.80 Å². The molecule has 0 aliphatic rings. The van der Waals surface area contributed by atoms with Crippen LogP contribution in [0.4, 0.5) is 10.5 Å². The molecule has 0 saturated carbocycles. The van der Waals surface area contributed by atoms with E-state index in [1.807, 2.05) is 0 Å². The van der Waals surface area contributed by atoms with Crippen molar-refractivity contribution in [1.29, 1.82) is 0 Å². The van der Waals surface area contributed by atoms with Crippen LogP contribution < -0.4 is 5.32 Å². The molecular formula is C13H17N3O4. The van der Waals surface area contributed by atoms with Crippen molar-refractivity contribution in [3.63, 3.8) is 0 Å². The van der Waals surface area contributed by atoms with Gasteiger partial charge >= 0.3 is 12.0 Å². The van der Waals surface area contributed by atoms with Gasteiger partial charge in [0.05, 0.1) is 0 Å². The van der Waals surface area contributed by atoms with Crippen LogP contribution in [0.1, 0.15) is 10.4 Å². The number of nitrogens with zero attached hydrogens (tertiary/aromatic N) is 2. The molecule has 7 heteroatoms. The zero-order valence-corrected chi connectivity index (χ0v) is 11.6. The average molecular weight is 279 g/mol. The van der Waals surface area contributed by atoms with Crippen LogP contribution in [0.25, 0.3) is 0 Å². The second-order valence-corrected chi connectivity index (χ2v) is 4.46. The minimum Gasteiger partial charge on any atom is -0.480 e. The molecule has 0 aromatic heterocycles. The molecule has 0 aliphatic heterocycles. The van der Waals surface area contributed by atoms with Crippen molar-refractivity contribution in [2.24, 2.45) is 0 Å². The van der Waals surface area contributed by atoms with Crippen molar-refractivity contribution in [3.8, 4) is 0 Å². The number of amides is 3. The van der Waals surface area contributed by atoms with Gasteiger partial charge in [0.25, 0.3) is 5.91 Å². The van der Waals surface area contributed by atoms with Crippen molar-refractivity contribution in [3.05, 3.63) is 29.8 Å². The molecule has 0 spiro atoms. The van der Waals surface area contributed by atoms with E-state index in [9.17, 15) is 14.4 Å². The van der Waals surface area contributed by atoms with Gasteiger partial charge in [0.1, 0.15) is 6.54 Å². The lowest BCUT2D eigenvalue weighted by Gasteiger charge is -2.16. The van der Waals surface area contributed by atoms with Crippen LogP contribution in [-0.2, 0) is 4.79 Å². The maximum Gasteiger partial charge on any atom is 0.323 e. The quantitative estimate of drug-likeness (QED) is 0.858. The third kappa shape index (κ3) is 4.27. The monoisotopic (exact) mass is 279 g/mol. The molecule has 0 unspecified atom stereocenters. The fraction of sp³-hybridized carbons (Fsp3) is 0.308. The van der Waals surface area contributed by atoms with Gasteiger partial charge in [-0.3, -0.25) is 9.59 Å². The number of rotatable bonds is 4. The normalized spacial score (nSPS) is 9.75. The molecule has 108 valence electrons. The number of carboxylic acid groups (broad SMARTS) is 1. The first-order chi connectivity index (χ1) is 9.31. The van der Waals surface area contributed by atoms with Crippen LogP contribution in [0.15, 0.2) is 24.3 Å². The second-order valence-electron chi connectivity index (χ2n) is 4.46. The smallest absolute Gasteiger partial charge is 0.323 e. The Balaban J connectivity index is 2.84. The van der Waals surface area contributed by atoms with E-state index >= 15 is 0 Å². The number of benzene rings is 1. The molecule has 20 heavy (non-hydrogen) atoms. The van der Waals surface area contributed by atoms with E-state index in [0.29, 0.717) is 11.3 Å². The minimum absolute atomic E-state index is 0.310. The van der Waals surface area contributed by atoms with Gasteiger partial charge in [-0.05, 0) is 18.2 Å². The van der Waals surface area contributed by atoms with E-state index in [0.717, 1.165) is 4.90 Å². The Hall–Kier alpha value is -2.57. The predicted octanol–water partition coefficient (Wildman–Crippen LogP) is 0.937. The summed E-state index contributed by atoms with van der Waals surface area (Å²) in [5.74, 6) is -1.51. The number of carboxylic acids is 1. The summed E-state index contributed by atoms with van der Waals surface area (Å²) in [5.41, 5.74) is 0.781. The molecular weight excluding hydrogens is 262 g/mol. The fourth-order valence-electron chi connectivity index (χ4n) is 1.46. The lowest BCUT2D eigenvalue weighted by molar-refractivity contribution is -0.137. The number of nitrogens with one attached hydrogen (secondary N) is 1. The summed E-state index contributed by atoms with van der Waals surface area (Å²) in [6.45, 7) is -0.382. The molecule has 1 aromatic carbocycles. The molecule has 7 nitrogen and oxygen atoms in total. The van der Waals surface area contributed by atoms with E-state index in [2.05, 4.69) is 5.32 Å². The van der Waals surface area contributed by atoms with Crippen molar-refractivity contribution < 1.29 is 19.5 Å². The Kier molecular flexibility index (Phi) is 5.08. The molecule has 1 aromatic rings. The molecule has 0 heterocycles. The van der Waals surface area contributed by atoms with Gasteiger partial charge in [-0.25, -0.2) is 4.79 Å². The molecule has 0 aliphatic carbocycles. The van der Waals surface area contributed by atoms with Gasteiger partial charge in [0.2, 0.25) is 0 Å². The third-order valence-corrected chi connectivity index (χ3v) is 2.49. The highest BCUT2D eigenvalue weighted by atomic mass is 16.4. The van der Waals surface area contributed by atoms with Crippen LogP contribution in [0, 0.1) is 0 Å². The van der Waals surface area contributed by atoms with Gasteiger partial charge in [-0.15, -0.1) is 0 Å². The zero-order chi connectivity index (χ0) is 15.3. The van der Waals surface area contributed by atoms with Gasteiger partial charge in [0, 0.05) is 32.4 Å². The van der Waals surface area contributed by atoms with Crippen molar-refractivity contribution in [2.45, 2.75) is 0 Å². The lowest BCUT2D eigenvalue weighted by Crippen LogP contribution is -2.32. The van der Waals surface area contributed by atoms with Crippen LogP contribution >= 0.6 is 0 Å². The summed E-state index contributed by atoms with van der Waals surface area (Å²) >= 11 is 0. The summed E-state index contributed by atoms with van der Waals surface area (Å²) < 4.78 is 0. The summed E-state index contributed by atoms with van der Waals surface area (Å²) in [6, 6.07) is 6.02. The van der Waals surface area contributed by atoms with E-state index < -0.39 is 11.9 Å². The highest BCUT2D eigenvalue weighted by Crippen LogP contribution is 2.12. The summed E-state index contributed by atoms with van der Waals surface area (Å²) in [4.78, 5) is 36.5. The third-order valence-electron chi connectivity index (χ3n) is 2.49. The Morgan fingerprint density at radius 3 is 2.40 bits per heavy atom. The Morgan fingerprint density at radius 1 is 1.20 bits per heavy atom. The predicted molar refractivity (Wildman–Crippen MR) is 73.7 cm³/mol. The first-order valence-electron chi connectivity index (χ1n) is 5.87. The number of carbonyl (C=O) groups excluding carboxylic acids is 2. The van der Waals surface area contributed by atoms with Crippen LogP contribution in [0.3, 0.4) is 0 Å². The number of aliphatic carboxylic acids is 1. The van der Waals surface area contributed by atoms with E-state index in [1.54, 1.807) is 32.3 Å². The zero-order valence-electron chi connectivity index (χ0n) is 11.6. The molecule has 0 bridgehead atoms.